The summed E-state index contributed by atoms with van der Waals surface area (Å²) < 4.78 is 69.3. The summed E-state index contributed by atoms with van der Waals surface area (Å²) in [7, 11) is 0. The fourth-order valence-electron chi connectivity index (χ4n) is 0.292. The van der Waals surface area contributed by atoms with Gasteiger partial charge in [0, 0.05) is 0 Å². The van der Waals surface area contributed by atoms with Gasteiger partial charge in [-0.15, -0.1) is 8.78 Å². The Balaban J connectivity index is 5.16. The van der Waals surface area contributed by atoms with Gasteiger partial charge in [-0.2, -0.15) is 17.6 Å². The highest BCUT2D eigenvalue weighted by Crippen LogP contribution is 2.43. The van der Waals surface area contributed by atoms with Gasteiger partial charge in [0.2, 0.25) is 0 Å². The molecular formula is C3HF6NO3. The van der Waals surface area contributed by atoms with Crippen LogP contribution in [0, 0.1) is 10.1 Å². The molecule has 0 aliphatic heterocycles. The molecule has 1 atom stereocenters. The average molecular weight is 213 g/mol. The lowest BCUT2D eigenvalue weighted by atomic mass is 10.2. The van der Waals surface area contributed by atoms with E-state index >= 15 is 0 Å². The van der Waals surface area contributed by atoms with E-state index in [1.54, 1.807) is 0 Å². The average Bonchev–Trinajstić information content (AvgIpc) is 1.84. The van der Waals surface area contributed by atoms with Crippen LogP contribution in [0.25, 0.3) is 0 Å². The first kappa shape index (κ1) is 11.9. The van der Waals surface area contributed by atoms with Crippen LogP contribution < -0.4 is 0 Å². The Kier molecular flexibility index (Phi) is 2.50. The molecule has 78 valence electrons. The largest absolute Gasteiger partial charge is 0.580 e. The lowest BCUT2D eigenvalue weighted by molar-refractivity contribution is -0.693. The highest BCUT2D eigenvalue weighted by molar-refractivity contribution is 4.82. The van der Waals surface area contributed by atoms with Crippen LogP contribution in [0.5, 0.6) is 0 Å². The minimum Gasteiger partial charge on any atom is -0.344 e. The smallest absolute Gasteiger partial charge is 0.344 e. The summed E-state index contributed by atoms with van der Waals surface area (Å²) in [5, 5.41) is 16.8. The molecule has 0 heterocycles. The van der Waals surface area contributed by atoms with Crippen LogP contribution in [-0.2, 0) is 0 Å². The maximum atomic E-state index is 11.9. The second-order valence-electron chi connectivity index (χ2n) is 1.92. The van der Waals surface area contributed by atoms with Crippen LogP contribution in [0.4, 0.5) is 26.3 Å². The second kappa shape index (κ2) is 2.72. The van der Waals surface area contributed by atoms with E-state index in [0.717, 1.165) is 0 Å². The van der Waals surface area contributed by atoms with Crippen molar-refractivity contribution < 1.29 is 36.4 Å². The number of nitro groups is 1. The summed E-state index contributed by atoms with van der Waals surface area (Å²) in [4.78, 5) is 6.41. The van der Waals surface area contributed by atoms with Crippen molar-refractivity contribution in [2.45, 2.75) is 18.1 Å². The van der Waals surface area contributed by atoms with Gasteiger partial charge in [0.15, 0.2) is 0 Å². The van der Waals surface area contributed by atoms with Crippen molar-refractivity contribution in [3.05, 3.63) is 10.1 Å². The van der Waals surface area contributed by atoms with Crippen LogP contribution >= 0.6 is 0 Å². The van der Waals surface area contributed by atoms with Gasteiger partial charge in [-0.1, -0.05) is 0 Å². The van der Waals surface area contributed by atoms with Crippen LogP contribution in [-0.4, -0.2) is 28.1 Å². The fraction of sp³-hybridized carbons (Fsp3) is 1.00. The van der Waals surface area contributed by atoms with Crippen LogP contribution in [0.3, 0.4) is 0 Å². The number of halogens is 6. The standard InChI is InChI=1S/C3HF6NO3/c4-1(11,2(5,6)7)3(8,9)10(12)13/h11H. The van der Waals surface area contributed by atoms with Gasteiger partial charge in [-0.3, -0.25) is 10.1 Å². The van der Waals surface area contributed by atoms with Gasteiger partial charge in [-0.05, 0) is 0 Å². The number of aliphatic hydroxyl groups is 1. The van der Waals surface area contributed by atoms with Crippen molar-refractivity contribution in [3.63, 3.8) is 0 Å². The molecule has 0 aromatic rings. The molecule has 0 bridgehead atoms. The van der Waals surface area contributed by atoms with Crippen molar-refractivity contribution in [2.75, 3.05) is 0 Å². The minimum absolute atomic E-state index is 2.86. The minimum atomic E-state index is -6.44. The first-order chi connectivity index (χ1) is 5.44. The SMILES string of the molecule is O=[N+]([O-])C(F)(F)C(O)(F)C(F)(F)F. The molecule has 0 saturated heterocycles. The molecule has 10 heteroatoms. The molecule has 0 aromatic carbocycles. The zero-order chi connectivity index (χ0) is 11.1. The number of hydrogen-bond donors (Lipinski definition) is 1. The van der Waals surface area contributed by atoms with Crippen molar-refractivity contribution in [1.82, 2.24) is 0 Å². The van der Waals surface area contributed by atoms with Crippen molar-refractivity contribution >= 4 is 0 Å². The Morgan fingerprint density at radius 1 is 1.08 bits per heavy atom. The molecule has 0 fully saturated rings. The van der Waals surface area contributed by atoms with Gasteiger partial charge in [0.05, 0.1) is 0 Å². The Morgan fingerprint density at radius 3 is 1.46 bits per heavy atom. The van der Waals surface area contributed by atoms with E-state index in [1.807, 2.05) is 0 Å². The van der Waals surface area contributed by atoms with Gasteiger partial charge in [-0.25, -0.2) is 0 Å². The van der Waals surface area contributed by atoms with E-state index in [0.29, 0.717) is 0 Å². The van der Waals surface area contributed by atoms with Gasteiger partial charge in [0.1, 0.15) is 4.92 Å². The Morgan fingerprint density at radius 2 is 1.38 bits per heavy atom. The van der Waals surface area contributed by atoms with E-state index in [-0.39, 0.29) is 0 Å². The van der Waals surface area contributed by atoms with Gasteiger partial charge in [0.25, 0.3) is 0 Å². The molecule has 0 aliphatic rings. The van der Waals surface area contributed by atoms with E-state index in [9.17, 15) is 36.5 Å². The monoisotopic (exact) mass is 213 g/mol. The summed E-state index contributed by atoms with van der Waals surface area (Å²) in [6.07, 6.45) is -6.44. The Labute approximate surface area is 65.9 Å². The first-order valence-electron chi connectivity index (χ1n) is 2.45. The summed E-state index contributed by atoms with van der Waals surface area (Å²) in [5.41, 5.74) is 0. The van der Waals surface area contributed by atoms with E-state index in [4.69, 9.17) is 5.11 Å². The zero-order valence-corrected chi connectivity index (χ0v) is 5.48. The number of nitrogens with zero attached hydrogens (tertiary/aromatic N) is 1. The van der Waals surface area contributed by atoms with Crippen LogP contribution in [0.1, 0.15) is 0 Å². The normalized spacial score (nSPS) is 18.1. The molecule has 4 nitrogen and oxygen atoms in total. The lowest BCUT2D eigenvalue weighted by Crippen LogP contribution is -2.59. The highest BCUT2D eigenvalue weighted by atomic mass is 19.4. The van der Waals surface area contributed by atoms with E-state index in [1.165, 1.54) is 0 Å². The zero-order valence-electron chi connectivity index (χ0n) is 5.48. The van der Waals surface area contributed by atoms with E-state index in [2.05, 4.69) is 0 Å². The third-order valence-corrected chi connectivity index (χ3v) is 1.00. The first-order valence-corrected chi connectivity index (χ1v) is 2.45. The van der Waals surface area contributed by atoms with Crippen molar-refractivity contribution in [1.29, 1.82) is 0 Å². The Hall–Kier alpha value is -1.06. The number of alkyl halides is 6. The maximum absolute atomic E-state index is 11.9. The summed E-state index contributed by atoms with van der Waals surface area (Å²) >= 11 is 0. The summed E-state index contributed by atoms with van der Waals surface area (Å²) in [6.45, 7) is 0. The molecule has 13 heavy (non-hydrogen) atoms. The number of hydrogen-bond acceptors (Lipinski definition) is 3. The Bertz CT molecular complexity index is 222. The van der Waals surface area contributed by atoms with Crippen molar-refractivity contribution in [3.8, 4) is 0 Å². The lowest BCUT2D eigenvalue weighted by Gasteiger charge is -2.22. The summed E-state index contributed by atoms with van der Waals surface area (Å²) in [6, 6.07) is -6.13. The molecule has 0 amide bonds. The second-order valence-corrected chi connectivity index (χ2v) is 1.92. The third-order valence-electron chi connectivity index (χ3n) is 1.00. The molecule has 0 saturated carbocycles. The van der Waals surface area contributed by atoms with Gasteiger partial charge < -0.3 is 5.11 Å². The predicted octanol–water partition coefficient (Wildman–Crippen LogP) is 1.08. The quantitative estimate of drug-likeness (QED) is 0.323. The molecule has 1 unspecified atom stereocenters. The molecular weight excluding hydrogens is 212 g/mol. The third kappa shape index (κ3) is 1.66. The topological polar surface area (TPSA) is 63.4 Å². The van der Waals surface area contributed by atoms with E-state index < -0.39 is 23.0 Å². The molecule has 0 aromatic heterocycles. The summed E-state index contributed by atoms with van der Waals surface area (Å²) in [5.74, 6) is -6.18. The molecule has 0 rings (SSSR count). The molecule has 1 N–H and O–H groups in total. The molecule has 0 spiro atoms. The van der Waals surface area contributed by atoms with Crippen LogP contribution in [0.15, 0.2) is 0 Å². The molecule has 0 aliphatic carbocycles. The maximum Gasteiger partial charge on any atom is 0.580 e. The van der Waals surface area contributed by atoms with Crippen molar-refractivity contribution in [2.24, 2.45) is 0 Å². The number of rotatable bonds is 2. The van der Waals surface area contributed by atoms with Crippen LogP contribution in [0.2, 0.25) is 0 Å². The van der Waals surface area contributed by atoms with Gasteiger partial charge >= 0.3 is 18.1 Å². The fourth-order valence-corrected chi connectivity index (χ4v) is 0.292. The molecule has 0 radical (unpaired) electrons. The predicted molar refractivity (Wildman–Crippen MR) is 24.1 cm³/mol. The highest BCUT2D eigenvalue weighted by Gasteiger charge is 2.80.